The Morgan fingerprint density at radius 3 is 2.82 bits per heavy atom. The summed E-state index contributed by atoms with van der Waals surface area (Å²) < 4.78 is 4.75. The molecule has 1 aromatic carbocycles. The third-order valence-electron chi connectivity index (χ3n) is 3.09. The van der Waals surface area contributed by atoms with Crippen molar-refractivity contribution in [2.75, 3.05) is 6.61 Å². The van der Waals surface area contributed by atoms with Gasteiger partial charge in [-0.3, -0.25) is 9.59 Å². The molecule has 0 saturated heterocycles. The van der Waals surface area contributed by atoms with Crippen molar-refractivity contribution in [2.24, 2.45) is 0 Å². The Bertz CT molecular complexity index is 778. The van der Waals surface area contributed by atoms with E-state index in [2.05, 4.69) is 4.98 Å². The van der Waals surface area contributed by atoms with Crippen molar-refractivity contribution >= 4 is 22.7 Å². The van der Waals surface area contributed by atoms with E-state index in [4.69, 9.17) is 10.00 Å². The molecule has 112 valence electrons. The van der Waals surface area contributed by atoms with Crippen LogP contribution in [-0.2, 0) is 9.53 Å². The first-order valence-electron chi connectivity index (χ1n) is 6.78. The van der Waals surface area contributed by atoms with Gasteiger partial charge in [0.05, 0.1) is 30.2 Å². The number of hydrogen-bond acceptors (Lipinski definition) is 6. The lowest BCUT2D eigenvalue weighted by molar-refractivity contribution is -0.143. The molecule has 22 heavy (non-hydrogen) atoms. The summed E-state index contributed by atoms with van der Waals surface area (Å²) in [5.74, 6) is -1.22. The monoisotopic (exact) mass is 298 g/mol. The zero-order valence-electron chi connectivity index (χ0n) is 12.0. The van der Waals surface area contributed by atoms with Crippen molar-refractivity contribution in [1.82, 2.24) is 4.98 Å². The molecule has 0 aliphatic carbocycles. The van der Waals surface area contributed by atoms with Gasteiger partial charge in [-0.2, -0.15) is 5.26 Å². The summed E-state index contributed by atoms with van der Waals surface area (Å²) in [5.41, 5.74) is 0.703. The van der Waals surface area contributed by atoms with Crippen LogP contribution in [0.4, 0.5) is 0 Å². The quantitative estimate of drug-likeness (QED) is 0.671. The van der Waals surface area contributed by atoms with E-state index in [9.17, 15) is 14.7 Å². The number of nitriles is 1. The van der Waals surface area contributed by atoms with E-state index in [0.29, 0.717) is 16.5 Å². The van der Waals surface area contributed by atoms with E-state index in [1.807, 2.05) is 6.07 Å². The molecule has 2 rings (SSSR count). The van der Waals surface area contributed by atoms with E-state index >= 15 is 0 Å². The highest BCUT2D eigenvalue weighted by Gasteiger charge is 2.17. The topological polar surface area (TPSA) is 100 Å². The van der Waals surface area contributed by atoms with Crippen LogP contribution in [0.3, 0.4) is 0 Å². The van der Waals surface area contributed by atoms with Crippen molar-refractivity contribution in [1.29, 1.82) is 5.26 Å². The van der Waals surface area contributed by atoms with Crippen molar-refractivity contribution < 1.29 is 19.4 Å². The highest BCUT2D eigenvalue weighted by Crippen LogP contribution is 2.25. The molecule has 0 radical (unpaired) electrons. The fraction of sp³-hybridized carbons (Fsp3) is 0.250. The van der Waals surface area contributed by atoms with Crippen LogP contribution in [0, 0.1) is 11.3 Å². The molecule has 0 saturated carbocycles. The molecule has 1 N–H and O–H groups in total. The Labute approximate surface area is 127 Å². The second-order valence-electron chi connectivity index (χ2n) is 4.57. The van der Waals surface area contributed by atoms with Gasteiger partial charge in [0.25, 0.3) is 0 Å². The van der Waals surface area contributed by atoms with Gasteiger partial charge in [-0.1, -0.05) is 6.07 Å². The molecule has 1 aromatic heterocycles. The molecule has 0 bridgehead atoms. The Kier molecular flexibility index (Phi) is 4.69. The maximum atomic E-state index is 12.1. The molecule has 0 amide bonds. The van der Waals surface area contributed by atoms with E-state index in [1.54, 1.807) is 25.1 Å². The first-order valence-corrected chi connectivity index (χ1v) is 6.78. The smallest absolute Gasteiger partial charge is 0.306 e. The molecule has 0 spiro atoms. The summed E-state index contributed by atoms with van der Waals surface area (Å²) in [4.78, 5) is 27.4. The number of hydrogen-bond donors (Lipinski definition) is 1. The number of Topliss-reactive ketones (excluding diaryl/α,β-unsaturated/α-hetero) is 1. The third kappa shape index (κ3) is 3.20. The molecule has 6 heteroatoms. The molecule has 6 nitrogen and oxygen atoms in total. The van der Waals surface area contributed by atoms with Gasteiger partial charge >= 0.3 is 5.97 Å². The Hall–Kier alpha value is -2.94. The highest BCUT2D eigenvalue weighted by molar-refractivity contribution is 6.01. The second-order valence-corrected chi connectivity index (χ2v) is 4.57. The fourth-order valence-electron chi connectivity index (χ4n) is 2.05. The molecule has 0 unspecified atom stereocenters. The molecule has 0 aliphatic rings. The van der Waals surface area contributed by atoms with Gasteiger partial charge in [0.2, 0.25) is 0 Å². The minimum atomic E-state index is -0.470. The number of ether oxygens (including phenoxy) is 1. The van der Waals surface area contributed by atoms with Gasteiger partial charge < -0.3 is 9.84 Å². The molecule has 0 aliphatic heterocycles. The van der Waals surface area contributed by atoms with E-state index in [1.165, 1.54) is 6.07 Å². The van der Waals surface area contributed by atoms with Crippen LogP contribution in [0.1, 0.15) is 35.8 Å². The number of aromatic nitrogens is 1. The van der Waals surface area contributed by atoms with E-state index in [0.717, 1.165) is 0 Å². The highest BCUT2D eigenvalue weighted by atomic mass is 16.5. The number of carbonyl (C=O) groups excluding carboxylic acids is 2. The number of carbonyl (C=O) groups is 2. The first-order chi connectivity index (χ1) is 10.6. The molecular weight excluding hydrogens is 284 g/mol. The summed E-state index contributed by atoms with van der Waals surface area (Å²) in [6.45, 7) is 1.94. The number of rotatable bonds is 5. The van der Waals surface area contributed by atoms with Crippen LogP contribution in [0.15, 0.2) is 24.3 Å². The average molecular weight is 298 g/mol. The molecule has 1 heterocycles. The zero-order chi connectivity index (χ0) is 16.1. The van der Waals surface area contributed by atoms with Crippen LogP contribution in [0.25, 0.3) is 10.9 Å². The fourth-order valence-corrected chi connectivity index (χ4v) is 2.05. The molecular formula is C16H14N2O4. The maximum absolute atomic E-state index is 12.1. The lowest BCUT2D eigenvalue weighted by atomic mass is 10.1. The van der Waals surface area contributed by atoms with Crippen LogP contribution in [-0.4, -0.2) is 28.4 Å². The normalized spacial score (nSPS) is 10.2. The van der Waals surface area contributed by atoms with Gasteiger partial charge in [-0.05, 0) is 25.1 Å². The van der Waals surface area contributed by atoms with Crippen LogP contribution in [0.5, 0.6) is 5.75 Å². The van der Waals surface area contributed by atoms with Gasteiger partial charge in [-0.15, -0.1) is 0 Å². The van der Waals surface area contributed by atoms with Gasteiger partial charge in [0, 0.05) is 11.8 Å². The molecule has 2 aromatic rings. The standard InChI is InChI=1S/C16H14N2O4/c1-2-22-15(21)7-6-13(19)16-14(20)8-11-10(9-17)4-3-5-12(11)18-16/h3-5,8,20H,2,6-7H2,1H3. The first kappa shape index (κ1) is 15.4. The minimum Gasteiger partial charge on any atom is -0.506 e. The summed E-state index contributed by atoms with van der Waals surface area (Å²) in [6.07, 6.45) is -0.160. The van der Waals surface area contributed by atoms with Crippen molar-refractivity contribution in [3.8, 4) is 11.8 Å². The maximum Gasteiger partial charge on any atom is 0.306 e. The van der Waals surface area contributed by atoms with Crippen LogP contribution in [0.2, 0.25) is 0 Å². The van der Waals surface area contributed by atoms with Crippen LogP contribution >= 0.6 is 0 Å². The summed E-state index contributed by atoms with van der Waals surface area (Å²) >= 11 is 0. The van der Waals surface area contributed by atoms with E-state index in [-0.39, 0.29) is 30.9 Å². The zero-order valence-corrected chi connectivity index (χ0v) is 12.0. The Morgan fingerprint density at radius 2 is 2.14 bits per heavy atom. The van der Waals surface area contributed by atoms with Gasteiger partial charge in [-0.25, -0.2) is 4.98 Å². The largest absolute Gasteiger partial charge is 0.506 e. The Balaban J connectivity index is 2.28. The van der Waals surface area contributed by atoms with Gasteiger partial charge in [0.15, 0.2) is 5.78 Å². The second kappa shape index (κ2) is 6.68. The molecule has 0 fully saturated rings. The number of nitrogens with zero attached hydrogens (tertiary/aromatic N) is 2. The summed E-state index contributed by atoms with van der Waals surface area (Å²) in [5, 5.41) is 19.5. The van der Waals surface area contributed by atoms with Crippen molar-refractivity contribution in [2.45, 2.75) is 19.8 Å². The van der Waals surface area contributed by atoms with Crippen LogP contribution < -0.4 is 0 Å². The van der Waals surface area contributed by atoms with Crippen molar-refractivity contribution in [3.05, 3.63) is 35.5 Å². The summed E-state index contributed by atoms with van der Waals surface area (Å²) in [7, 11) is 0. The lowest BCUT2D eigenvalue weighted by Crippen LogP contribution is -2.09. The number of fused-ring (bicyclic) bond motifs is 1. The predicted molar refractivity (Wildman–Crippen MR) is 78.3 cm³/mol. The average Bonchev–Trinajstić information content (AvgIpc) is 2.51. The number of pyridine rings is 1. The van der Waals surface area contributed by atoms with E-state index < -0.39 is 11.8 Å². The third-order valence-corrected chi connectivity index (χ3v) is 3.09. The van der Waals surface area contributed by atoms with Crippen molar-refractivity contribution in [3.63, 3.8) is 0 Å². The number of aromatic hydroxyl groups is 1. The lowest BCUT2D eigenvalue weighted by Gasteiger charge is -2.06. The Morgan fingerprint density at radius 1 is 1.36 bits per heavy atom. The molecule has 0 atom stereocenters. The van der Waals surface area contributed by atoms with Gasteiger partial charge in [0.1, 0.15) is 11.4 Å². The number of benzene rings is 1. The number of ketones is 1. The SMILES string of the molecule is CCOC(=O)CCC(=O)c1nc2cccc(C#N)c2cc1O. The minimum absolute atomic E-state index is 0.0654. The summed E-state index contributed by atoms with van der Waals surface area (Å²) in [6, 6.07) is 8.25. The number of esters is 1. The predicted octanol–water partition coefficient (Wildman–Crippen LogP) is 2.34.